The van der Waals surface area contributed by atoms with Crippen LogP contribution >= 0.6 is 7.60 Å². The molecule has 5 heteroatoms. The molecule has 0 saturated carbocycles. The molecule has 0 aromatic heterocycles. The van der Waals surface area contributed by atoms with Gasteiger partial charge in [0.2, 0.25) is 0 Å². The quantitative estimate of drug-likeness (QED) is 0.444. The van der Waals surface area contributed by atoms with Gasteiger partial charge in [0, 0.05) is 0 Å². The Balaban J connectivity index is 4.26. The summed E-state index contributed by atoms with van der Waals surface area (Å²) >= 11 is 0. The van der Waals surface area contributed by atoms with Gasteiger partial charge in [0.05, 0.1) is 0 Å². The molecule has 0 bridgehead atoms. The summed E-state index contributed by atoms with van der Waals surface area (Å²) in [4.78, 5) is 16.4. The van der Waals surface area contributed by atoms with E-state index < -0.39 is 12.9 Å². The Kier molecular flexibility index (Phi) is 1.83. The van der Waals surface area contributed by atoms with Crippen molar-refractivity contribution in [3.63, 3.8) is 0 Å². The summed E-state index contributed by atoms with van der Waals surface area (Å²) < 4.78 is 10.1. The number of aliphatic hydroxyl groups is 1. The lowest BCUT2D eigenvalue weighted by molar-refractivity contribution is 0.127. The molecule has 0 aromatic rings. The molecule has 0 saturated heterocycles. The zero-order chi connectivity index (χ0) is 7.00. The fraction of sp³-hybridized carbons (Fsp3) is 1.00. The Morgan fingerprint density at radius 1 is 1.38 bits per heavy atom. The van der Waals surface area contributed by atoms with Crippen molar-refractivity contribution in [3.8, 4) is 0 Å². The van der Waals surface area contributed by atoms with Crippen molar-refractivity contribution >= 4 is 7.60 Å². The zero-order valence-electron chi connectivity index (χ0n) is 4.70. The maximum Gasteiger partial charge on any atom is 0.356 e. The molecule has 0 aliphatic carbocycles. The van der Waals surface area contributed by atoms with E-state index in [1.54, 1.807) is 0 Å². The van der Waals surface area contributed by atoms with E-state index in [0.29, 0.717) is 0 Å². The second-order valence-electron chi connectivity index (χ2n) is 2.04. The van der Waals surface area contributed by atoms with Gasteiger partial charge in [-0.2, -0.15) is 0 Å². The maximum atomic E-state index is 10.1. The van der Waals surface area contributed by atoms with Crippen LogP contribution in [0.2, 0.25) is 0 Å². The van der Waals surface area contributed by atoms with Crippen LogP contribution in [0, 0.1) is 0 Å². The first-order chi connectivity index (χ1) is 3.25. The van der Waals surface area contributed by atoms with Gasteiger partial charge < -0.3 is 14.9 Å². The molecule has 0 aliphatic heterocycles. The summed E-state index contributed by atoms with van der Waals surface area (Å²) in [6.07, 6.45) is 0. The smallest absolute Gasteiger partial charge is 0.356 e. The van der Waals surface area contributed by atoms with Gasteiger partial charge in [-0.25, -0.2) is 0 Å². The third-order valence-corrected chi connectivity index (χ3v) is 2.14. The molecule has 0 amide bonds. The summed E-state index contributed by atoms with van der Waals surface area (Å²) in [5, 5.41) is 6.70. The Hall–Kier alpha value is 0.110. The van der Waals surface area contributed by atoms with Crippen molar-refractivity contribution in [2.75, 3.05) is 0 Å². The topological polar surface area (TPSA) is 77.8 Å². The average molecular weight is 140 g/mol. The van der Waals surface area contributed by atoms with E-state index in [1.165, 1.54) is 0 Å². The Labute approximate surface area is 47.3 Å². The van der Waals surface area contributed by atoms with Crippen LogP contribution in [0.25, 0.3) is 0 Å². The second-order valence-corrected chi connectivity index (χ2v) is 4.22. The molecule has 0 rings (SSSR count). The van der Waals surface area contributed by atoms with Crippen LogP contribution in [-0.2, 0) is 4.57 Å². The minimum atomic E-state index is -4.29. The summed E-state index contributed by atoms with van der Waals surface area (Å²) in [5.74, 6) is 0. The van der Waals surface area contributed by atoms with E-state index in [9.17, 15) is 4.57 Å². The van der Waals surface area contributed by atoms with Crippen LogP contribution in [0.3, 0.4) is 0 Å². The molecule has 0 heterocycles. The molecule has 4 nitrogen and oxygen atoms in total. The van der Waals surface area contributed by atoms with Gasteiger partial charge in [-0.05, 0) is 13.8 Å². The number of rotatable bonds is 1. The number of hydrogen-bond acceptors (Lipinski definition) is 2. The molecule has 0 aromatic carbocycles. The second kappa shape index (κ2) is 1.81. The van der Waals surface area contributed by atoms with Gasteiger partial charge in [0.25, 0.3) is 0 Å². The SMILES string of the molecule is CC(C)(O)P(=O)(O)O. The highest BCUT2D eigenvalue weighted by atomic mass is 31.2. The van der Waals surface area contributed by atoms with Crippen molar-refractivity contribution in [2.45, 2.75) is 19.2 Å². The van der Waals surface area contributed by atoms with Gasteiger partial charge in [0.1, 0.15) is 0 Å². The van der Waals surface area contributed by atoms with Crippen LogP contribution in [-0.4, -0.2) is 20.2 Å². The first kappa shape index (κ1) is 8.11. The Bertz CT molecular complexity index is 118. The van der Waals surface area contributed by atoms with E-state index in [2.05, 4.69) is 0 Å². The molecular formula is C3H9O4P. The van der Waals surface area contributed by atoms with Crippen LogP contribution < -0.4 is 0 Å². The van der Waals surface area contributed by atoms with Crippen molar-refractivity contribution in [2.24, 2.45) is 0 Å². The van der Waals surface area contributed by atoms with Crippen molar-refractivity contribution in [3.05, 3.63) is 0 Å². The van der Waals surface area contributed by atoms with Gasteiger partial charge >= 0.3 is 7.60 Å². The molecular weight excluding hydrogens is 131 g/mol. The standard InChI is InChI=1S/C3H9O4P/c1-3(2,4)8(5,6)7/h4H,1-2H3,(H2,5,6,7). The third-order valence-electron chi connectivity index (χ3n) is 0.713. The maximum absolute atomic E-state index is 10.1. The fourth-order valence-corrected chi connectivity index (χ4v) is 0. The Morgan fingerprint density at radius 2 is 1.50 bits per heavy atom. The van der Waals surface area contributed by atoms with Gasteiger partial charge in [-0.15, -0.1) is 0 Å². The van der Waals surface area contributed by atoms with E-state index >= 15 is 0 Å². The van der Waals surface area contributed by atoms with E-state index in [-0.39, 0.29) is 0 Å². The monoisotopic (exact) mass is 140 g/mol. The van der Waals surface area contributed by atoms with Crippen molar-refractivity contribution < 1.29 is 19.5 Å². The van der Waals surface area contributed by atoms with Crippen molar-refractivity contribution in [1.82, 2.24) is 0 Å². The lowest BCUT2D eigenvalue weighted by atomic mass is 10.5. The molecule has 0 fully saturated rings. The highest BCUT2D eigenvalue weighted by Gasteiger charge is 2.34. The summed E-state index contributed by atoms with van der Waals surface area (Å²) in [6.45, 7) is 2.13. The van der Waals surface area contributed by atoms with Gasteiger partial charge in [-0.1, -0.05) is 0 Å². The Morgan fingerprint density at radius 3 is 1.50 bits per heavy atom. The normalized spacial score (nSPS) is 14.1. The highest BCUT2D eigenvalue weighted by Crippen LogP contribution is 2.47. The van der Waals surface area contributed by atoms with Crippen LogP contribution in [0.1, 0.15) is 13.8 Å². The van der Waals surface area contributed by atoms with Crippen molar-refractivity contribution in [1.29, 1.82) is 0 Å². The van der Waals surface area contributed by atoms with E-state index in [0.717, 1.165) is 13.8 Å². The minimum absolute atomic E-state index is 1.06. The third kappa shape index (κ3) is 1.92. The van der Waals surface area contributed by atoms with E-state index in [1.807, 2.05) is 0 Å². The lowest BCUT2D eigenvalue weighted by Gasteiger charge is -2.17. The molecule has 8 heavy (non-hydrogen) atoms. The first-order valence-corrected chi connectivity index (χ1v) is 3.64. The molecule has 0 unspecified atom stereocenters. The largest absolute Gasteiger partial charge is 0.378 e. The molecule has 0 radical (unpaired) electrons. The predicted molar refractivity (Wildman–Crippen MR) is 28.3 cm³/mol. The molecule has 0 aliphatic rings. The lowest BCUT2D eigenvalue weighted by Crippen LogP contribution is -2.17. The van der Waals surface area contributed by atoms with Crippen LogP contribution in [0.4, 0.5) is 0 Å². The molecule has 0 atom stereocenters. The summed E-state index contributed by atoms with van der Waals surface area (Å²) in [6, 6.07) is 0. The van der Waals surface area contributed by atoms with Crippen LogP contribution in [0.15, 0.2) is 0 Å². The summed E-state index contributed by atoms with van der Waals surface area (Å²) in [5.41, 5.74) is 0. The van der Waals surface area contributed by atoms with Gasteiger partial charge in [0.15, 0.2) is 5.34 Å². The predicted octanol–water partition coefficient (Wildman–Crippen LogP) is -0.107. The number of hydrogen-bond donors (Lipinski definition) is 3. The fourth-order valence-electron chi connectivity index (χ4n) is 0. The molecule has 50 valence electrons. The first-order valence-electron chi connectivity index (χ1n) is 2.03. The average Bonchev–Trinajstić information content (AvgIpc) is 1.25. The summed E-state index contributed by atoms with van der Waals surface area (Å²) in [7, 11) is -4.29. The highest BCUT2D eigenvalue weighted by molar-refractivity contribution is 7.53. The van der Waals surface area contributed by atoms with E-state index in [4.69, 9.17) is 14.9 Å². The molecule has 3 N–H and O–H groups in total. The van der Waals surface area contributed by atoms with Gasteiger partial charge in [-0.3, -0.25) is 4.57 Å². The minimum Gasteiger partial charge on any atom is -0.378 e. The molecule has 0 spiro atoms. The van der Waals surface area contributed by atoms with Crippen LogP contribution in [0.5, 0.6) is 0 Å². The zero-order valence-corrected chi connectivity index (χ0v) is 5.59.